The number of ether oxygens (including phenoxy) is 2. The number of benzene rings is 1. The number of aromatic amines is 1. The third kappa shape index (κ3) is 3.42. The predicted molar refractivity (Wildman–Crippen MR) is 125 cm³/mol. The molecule has 1 saturated heterocycles. The molecule has 1 aliphatic rings. The van der Waals surface area contributed by atoms with Crippen LogP contribution in [0.15, 0.2) is 30.5 Å². The molecule has 0 aliphatic carbocycles. The van der Waals surface area contributed by atoms with Gasteiger partial charge in [-0.3, -0.25) is 5.10 Å². The highest BCUT2D eigenvalue weighted by molar-refractivity contribution is 5.93. The largest absolute Gasteiger partial charge is 0.494 e. The van der Waals surface area contributed by atoms with Gasteiger partial charge in [-0.25, -0.2) is 14.2 Å². The number of hydrogen-bond acceptors (Lipinski definition) is 5. The lowest BCUT2D eigenvalue weighted by Gasteiger charge is -2.35. The summed E-state index contributed by atoms with van der Waals surface area (Å²) in [6.45, 7) is 6.10. The summed E-state index contributed by atoms with van der Waals surface area (Å²) in [7, 11) is 1.44. The molecule has 1 aromatic carbocycles. The van der Waals surface area contributed by atoms with Crippen molar-refractivity contribution >= 4 is 28.0 Å². The lowest BCUT2D eigenvalue weighted by Crippen LogP contribution is -2.43. The molecule has 0 bridgehead atoms. The Bertz CT molecular complexity index is 1400. The third-order valence-electron chi connectivity index (χ3n) is 6.79. The fourth-order valence-corrected chi connectivity index (χ4v) is 4.93. The van der Waals surface area contributed by atoms with Gasteiger partial charge in [0.05, 0.1) is 30.9 Å². The minimum absolute atomic E-state index is 0.0382. The Morgan fingerprint density at radius 2 is 2.18 bits per heavy atom. The summed E-state index contributed by atoms with van der Waals surface area (Å²) >= 11 is 0. The molecule has 0 radical (unpaired) electrons. The molecule has 178 valence electrons. The van der Waals surface area contributed by atoms with E-state index in [1.54, 1.807) is 25.3 Å². The second kappa shape index (κ2) is 8.09. The number of aliphatic carboxylic acids is 1. The zero-order valence-electron chi connectivity index (χ0n) is 19.6. The van der Waals surface area contributed by atoms with Crippen LogP contribution in [0.1, 0.15) is 56.7 Å². The molecule has 1 fully saturated rings. The second-order valence-electron chi connectivity index (χ2n) is 9.35. The topological polar surface area (TPSA) is 102 Å². The van der Waals surface area contributed by atoms with E-state index in [-0.39, 0.29) is 24.2 Å². The first kappa shape index (κ1) is 22.3. The van der Waals surface area contributed by atoms with Crippen LogP contribution in [0.2, 0.25) is 0 Å². The minimum Gasteiger partial charge on any atom is -0.494 e. The standard InChI is InChI=1S/C25H27FN4O4/c1-13(2)22-20(14-7-8-25(3,24(31)32)34-12-14)21-18(9-15-11-27-29-23(15)28-21)30(22)16-5-6-17(26)19(10-16)33-4/h5-6,9-11,13-14H,7-8,12H2,1-4H3,(H,31,32)(H,27,28,29)/t14?,25-/m1/s1. The van der Waals surface area contributed by atoms with Gasteiger partial charge in [0.25, 0.3) is 0 Å². The van der Waals surface area contributed by atoms with E-state index >= 15 is 0 Å². The van der Waals surface area contributed by atoms with Crippen molar-refractivity contribution in [3.63, 3.8) is 0 Å². The summed E-state index contributed by atoms with van der Waals surface area (Å²) in [5.74, 6) is -1.16. The molecular weight excluding hydrogens is 439 g/mol. The van der Waals surface area contributed by atoms with Gasteiger partial charge in [-0.15, -0.1) is 0 Å². The van der Waals surface area contributed by atoms with Gasteiger partial charge in [0.1, 0.15) is 0 Å². The number of carbonyl (C=O) groups is 1. The van der Waals surface area contributed by atoms with Gasteiger partial charge in [-0.2, -0.15) is 5.10 Å². The maximum atomic E-state index is 14.2. The van der Waals surface area contributed by atoms with Crippen molar-refractivity contribution in [1.82, 2.24) is 19.7 Å². The van der Waals surface area contributed by atoms with Crippen LogP contribution < -0.4 is 4.74 Å². The third-order valence-corrected chi connectivity index (χ3v) is 6.79. The second-order valence-corrected chi connectivity index (χ2v) is 9.35. The minimum atomic E-state index is -1.19. The molecule has 9 heteroatoms. The zero-order valence-corrected chi connectivity index (χ0v) is 19.6. The van der Waals surface area contributed by atoms with Crippen LogP contribution in [0, 0.1) is 5.82 Å². The Labute approximate surface area is 195 Å². The molecule has 4 aromatic rings. The number of methoxy groups -OCH3 is 1. The van der Waals surface area contributed by atoms with E-state index in [2.05, 4.69) is 28.6 Å². The number of nitrogens with zero attached hydrogens (tertiary/aromatic N) is 3. The van der Waals surface area contributed by atoms with Gasteiger partial charge >= 0.3 is 5.97 Å². The van der Waals surface area contributed by atoms with Crippen molar-refractivity contribution in [3.8, 4) is 11.4 Å². The summed E-state index contributed by atoms with van der Waals surface area (Å²) in [5.41, 5.74) is 3.96. The van der Waals surface area contributed by atoms with E-state index in [0.717, 1.165) is 33.4 Å². The Morgan fingerprint density at radius 1 is 1.38 bits per heavy atom. The molecule has 8 nitrogen and oxygen atoms in total. The molecule has 2 N–H and O–H groups in total. The number of rotatable bonds is 5. The SMILES string of the molecule is COc1cc(-n2c(C(C)C)c(C3CC[C@](C)(C(=O)O)OC3)c3nc4[nH]ncc4cc32)ccc1F. The van der Waals surface area contributed by atoms with Crippen LogP contribution in [0.4, 0.5) is 4.39 Å². The molecule has 1 unspecified atom stereocenters. The Morgan fingerprint density at radius 3 is 2.82 bits per heavy atom. The van der Waals surface area contributed by atoms with Gasteiger partial charge < -0.3 is 19.1 Å². The van der Waals surface area contributed by atoms with Crippen molar-refractivity contribution in [1.29, 1.82) is 0 Å². The first-order valence-electron chi connectivity index (χ1n) is 11.3. The fourth-order valence-electron chi connectivity index (χ4n) is 4.93. The van der Waals surface area contributed by atoms with Gasteiger partial charge in [0.2, 0.25) is 0 Å². The first-order chi connectivity index (χ1) is 16.2. The monoisotopic (exact) mass is 466 g/mol. The number of aromatic nitrogens is 4. The molecule has 2 atom stereocenters. The van der Waals surface area contributed by atoms with E-state index in [1.807, 2.05) is 6.07 Å². The van der Waals surface area contributed by atoms with Crippen LogP contribution in [0.25, 0.3) is 27.8 Å². The first-order valence-corrected chi connectivity index (χ1v) is 11.3. The van der Waals surface area contributed by atoms with E-state index < -0.39 is 17.4 Å². The fraction of sp³-hybridized carbons (Fsp3) is 0.400. The maximum absolute atomic E-state index is 14.2. The predicted octanol–water partition coefficient (Wildman–Crippen LogP) is 4.91. The molecule has 0 amide bonds. The number of hydrogen-bond donors (Lipinski definition) is 2. The quantitative estimate of drug-likeness (QED) is 0.433. The average Bonchev–Trinajstić information content (AvgIpc) is 3.40. The molecule has 4 heterocycles. The molecule has 0 saturated carbocycles. The smallest absolute Gasteiger partial charge is 0.335 e. The van der Waals surface area contributed by atoms with Crippen LogP contribution >= 0.6 is 0 Å². The van der Waals surface area contributed by atoms with E-state index in [9.17, 15) is 14.3 Å². The molecule has 0 spiro atoms. The highest BCUT2D eigenvalue weighted by Crippen LogP contribution is 2.43. The van der Waals surface area contributed by atoms with Crippen molar-refractivity contribution < 1.29 is 23.8 Å². The summed E-state index contributed by atoms with van der Waals surface area (Å²) < 4.78 is 27.5. The Hall–Kier alpha value is -3.46. The van der Waals surface area contributed by atoms with Crippen molar-refractivity contribution in [2.75, 3.05) is 13.7 Å². The van der Waals surface area contributed by atoms with Crippen molar-refractivity contribution in [2.24, 2.45) is 0 Å². The van der Waals surface area contributed by atoms with Gasteiger partial charge in [-0.05, 0) is 43.9 Å². The Kier molecular flexibility index (Phi) is 5.31. The van der Waals surface area contributed by atoms with Crippen LogP contribution in [-0.2, 0) is 9.53 Å². The van der Waals surface area contributed by atoms with E-state index in [1.165, 1.54) is 13.2 Å². The normalized spacial score (nSPS) is 20.9. The lowest BCUT2D eigenvalue weighted by atomic mass is 9.84. The number of fused-ring (bicyclic) bond motifs is 2. The van der Waals surface area contributed by atoms with Crippen LogP contribution in [-0.4, -0.2) is 50.1 Å². The number of nitrogens with one attached hydrogen (secondary N) is 1. The van der Waals surface area contributed by atoms with Crippen LogP contribution in [0.3, 0.4) is 0 Å². The number of carboxylic acid groups (broad SMARTS) is 1. The van der Waals surface area contributed by atoms with E-state index in [0.29, 0.717) is 18.5 Å². The number of carboxylic acids is 1. The Balaban J connectivity index is 1.77. The lowest BCUT2D eigenvalue weighted by molar-refractivity contribution is -0.170. The van der Waals surface area contributed by atoms with Crippen molar-refractivity contribution in [2.45, 2.75) is 51.0 Å². The maximum Gasteiger partial charge on any atom is 0.335 e. The number of pyridine rings is 1. The summed E-state index contributed by atoms with van der Waals surface area (Å²) in [6.07, 6.45) is 2.77. The molecule has 5 rings (SSSR count). The average molecular weight is 467 g/mol. The summed E-state index contributed by atoms with van der Waals surface area (Å²) in [6, 6.07) is 6.83. The zero-order chi connectivity index (χ0) is 24.2. The molecule has 1 aliphatic heterocycles. The van der Waals surface area contributed by atoms with Gasteiger partial charge in [0, 0.05) is 34.3 Å². The highest BCUT2D eigenvalue weighted by Gasteiger charge is 2.41. The number of H-pyrrole nitrogens is 1. The van der Waals surface area contributed by atoms with E-state index in [4.69, 9.17) is 14.5 Å². The molecule has 34 heavy (non-hydrogen) atoms. The highest BCUT2D eigenvalue weighted by atomic mass is 19.1. The van der Waals surface area contributed by atoms with Crippen LogP contribution in [0.5, 0.6) is 5.75 Å². The summed E-state index contributed by atoms with van der Waals surface area (Å²) in [4.78, 5) is 16.6. The van der Waals surface area contributed by atoms with Crippen molar-refractivity contribution in [3.05, 3.63) is 47.5 Å². The summed E-state index contributed by atoms with van der Waals surface area (Å²) in [5, 5.41) is 17.5. The van der Waals surface area contributed by atoms with Gasteiger partial charge in [0.15, 0.2) is 22.8 Å². The molecular formula is C25H27FN4O4. The van der Waals surface area contributed by atoms with Gasteiger partial charge in [-0.1, -0.05) is 13.8 Å². The number of halogens is 1. The molecule has 3 aromatic heterocycles.